The maximum Gasteiger partial charge on any atom is 0.275 e. The predicted octanol–water partition coefficient (Wildman–Crippen LogP) is 3.89. The molecule has 25 heavy (non-hydrogen) atoms. The Labute approximate surface area is 142 Å². The first-order chi connectivity index (χ1) is 12.0. The Kier molecular flexibility index (Phi) is 5.16. The zero-order valence-electron chi connectivity index (χ0n) is 13.4. The van der Waals surface area contributed by atoms with Crippen molar-refractivity contribution < 1.29 is 18.0 Å². The van der Waals surface area contributed by atoms with E-state index < -0.39 is 29.0 Å². The molecule has 1 saturated carbocycles. The standard InChI is InChI=1S/C17H17F3N4O/c18-11-6-7-12(16(20)15(11)19)24-17(25)13-8-22-14(9-21-13)23-10-4-2-1-3-5-10/h6-10H,1-5H2,(H,22,23)(H,24,25). The van der Waals surface area contributed by atoms with Crippen LogP contribution in [0.2, 0.25) is 0 Å². The molecule has 1 aliphatic rings. The van der Waals surface area contributed by atoms with Crippen LogP contribution in [0.25, 0.3) is 0 Å². The van der Waals surface area contributed by atoms with E-state index in [4.69, 9.17) is 0 Å². The average molecular weight is 350 g/mol. The van der Waals surface area contributed by atoms with Gasteiger partial charge in [0.05, 0.1) is 18.1 Å². The fourth-order valence-electron chi connectivity index (χ4n) is 2.78. The van der Waals surface area contributed by atoms with E-state index in [0.29, 0.717) is 11.9 Å². The second kappa shape index (κ2) is 7.50. The topological polar surface area (TPSA) is 66.9 Å². The predicted molar refractivity (Wildman–Crippen MR) is 86.8 cm³/mol. The molecule has 132 valence electrons. The third kappa shape index (κ3) is 4.07. The third-order valence-electron chi connectivity index (χ3n) is 4.13. The summed E-state index contributed by atoms with van der Waals surface area (Å²) in [6.45, 7) is 0. The summed E-state index contributed by atoms with van der Waals surface area (Å²) in [4.78, 5) is 20.2. The molecule has 2 N–H and O–H groups in total. The smallest absolute Gasteiger partial charge is 0.275 e. The van der Waals surface area contributed by atoms with Crippen molar-refractivity contribution in [3.63, 3.8) is 0 Å². The molecular weight excluding hydrogens is 333 g/mol. The van der Waals surface area contributed by atoms with Crippen molar-refractivity contribution in [1.82, 2.24) is 9.97 Å². The Morgan fingerprint density at radius 2 is 1.76 bits per heavy atom. The Morgan fingerprint density at radius 3 is 2.44 bits per heavy atom. The number of hydrogen-bond donors (Lipinski definition) is 2. The highest BCUT2D eigenvalue weighted by Gasteiger charge is 2.17. The Bertz CT molecular complexity index is 761. The van der Waals surface area contributed by atoms with Crippen molar-refractivity contribution >= 4 is 17.4 Å². The Balaban J connectivity index is 1.65. The quantitative estimate of drug-likeness (QED) is 0.821. The molecule has 0 saturated heterocycles. The minimum Gasteiger partial charge on any atom is -0.366 e. The lowest BCUT2D eigenvalue weighted by atomic mass is 9.96. The summed E-state index contributed by atoms with van der Waals surface area (Å²) in [6.07, 6.45) is 8.39. The first-order valence-corrected chi connectivity index (χ1v) is 8.08. The zero-order valence-corrected chi connectivity index (χ0v) is 13.4. The maximum absolute atomic E-state index is 13.6. The molecule has 1 aromatic heterocycles. The molecule has 0 atom stereocenters. The van der Waals surface area contributed by atoms with Crippen molar-refractivity contribution in [1.29, 1.82) is 0 Å². The molecule has 1 aliphatic carbocycles. The van der Waals surface area contributed by atoms with Gasteiger partial charge in [0.25, 0.3) is 5.91 Å². The Morgan fingerprint density at radius 1 is 1.00 bits per heavy atom. The van der Waals surface area contributed by atoms with Gasteiger partial charge in [-0.05, 0) is 25.0 Å². The molecule has 1 aromatic carbocycles. The van der Waals surface area contributed by atoms with Crippen LogP contribution in [0, 0.1) is 17.5 Å². The number of halogens is 3. The minimum absolute atomic E-state index is 0.0571. The molecule has 1 fully saturated rings. The highest BCUT2D eigenvalue weighted by molar-refractivity contribution is 6.02. The number of carbonyl (C=O) groups excluding carboxylic acids is 1. The summed E-state index contributed by atoms with van der Waals surface area (Å²) < 4.78 is 39.7. The molecule has 2 aromatic rings. The van der Waals surface area contributed by atoms with Crippen molar-refractivity contribution in [3.05, 3.63) is 47.7 Å². The van der Waals surface area contributed by atoms with Gasteiger partial charge in [-0.1, -0.05) is 19.3 Å². The maximum atomic E-state index is 13.6. The second-order valence-corrected chi connectivity index (χ2v) is 5.94. The first-order valence-electron chi connectivity index (χ1n) is 8.08. The second-order valence-electron chi connectivity index (χ2n) is 5.94. The molecular formula is C17H17F3N4O. The third-order valence-corrected chi connectivity index (χ3v) is 4.13. The van der Waals surface area contributed by atoms with Crippen LogP contribution in [0.3, 0.4) is 0 Å². The lowest BCUT2D eigenvalue weighted by Crippen LogP contribution is -2.23. The molecule has 5 nitrogen and oxygen atoms in total. The average Bonchev–Trinajstić information content (AvgIpc) is 2.63. The van der Waals surface area contributed by atoms with Gasteiger partial charge in [-0.25, -0.2) is 23.1 Å². The van der Waals surface area contributed by atoms with Gasteiger partial charge in [-0.15, -0.1) is 0 Å². The molecule has 1 amide bonds. The van der Waals surface area contributed by atoms with Crippen LogP contribution in [0.4, 0.5) is 24.7 Å². The van der Waals surface area contributed by atoms with Crippen LogP contribution in [0.5, 0.6) is 0 Å². The lowest BCUT2D eigenvalue weighted by molar-refractivity contribution is 0.102. The van der Waals surface area contributed by atoms with Crippen LogP contribution >= 0.6 is 0 Å². The van der Waals surface area contributed by atoms with Gasteiger partial charge in [0, 0.05) is 6.04 Å². The van der Waals surface area contributed by atoms with Crippen molar-refractivity contribution in [2.24, 2.45) is 0 Å². The van der Waals surface area contributed by atoms with E-state index in [2.05, 4.69) is 20.6 Å². The van der Waals surface area contributed by atoms with Gasteiger partial charge < -0.3 is 10.6 Å². The van der Waals surface area contributed by atoms with Crippen LogP contribution in [0.1, 0.15) is 42.6 Å². The molecule has 0 radical (unpaired) electrons. The van der Waals surface area contributed by atoms with Crippen molar-refractivity contribution in [2.45, 2.75) is 38.1 Å². The van der Waals surface area contributed by atoms with E-state index in [1.165, 1.54) is 31.7 Å². The first kappa shape index (κ1) is 17.2. The summed E-state index contributed by atoms with van der Waals surface area (Å²) in [6, 6.07) is 2.02. The van der Waals surface area contributed by atoms with E-state index in [9.17, 15) is 18.0 Å². The molecule has 8 heteroatoms. The van der Waals surface area contributed by atoms with Gasteiger partial charge in [0.2, 0.25) is 0 Å². The number of hydrogen-bond acceptors (Lipinski definition) is 4. The fourth-order valence-corrected chi connectivity index (χ4v) is 2.78. The van der Waals surface area contributed by atoms with E-state index in [0.717, 1.165) is 25.0 Å². The SMILES string of the molecule is O=C(Nc1ccc(F)c(F)c1F)c1cnc(NC2CCCCC2)cn1. The number of carbonyl (C=O) groups is 1. The van der Waals surface area contributed by atoms with Gasteiger partial charge in [-0.2, -0.15) is 0 Å². The summed E-state index contributed by atoms with van der Waals surface area (Å²) >= 11 is 0. The van der Waals surface area contributed by atoms with E-state index in [1.54, 1.807) is 0 Å². The van der Waals surface area contributed by atoms with Crippen LogP contribution in [-0.4, -0.2) is 21.9 Å². The van der Waals surface area contributed by atoms with Gasteiger partial charge in [-0.3, -0.25) is 4.79 Å². The zero-order chi connectivity index (χ0) is 17.8. The summed E-state index contributed by atoms with van der Waals surface area (Å²) in [5.41, 5.74) is -0.520. The molecule has 1 heterocycles. The molecule has 0 spiro atoms. The van der Waals surface area contributed by atoms with E-state index in [1.807, 2.05) is 0 Å². The van der Waals surface area contributed by atoms with Gasteiger partial charge in [0.1, 0.15) is 11.5 Å². The van der Waals surface area contributed by atoms with Crippen LogP contribution in [-0.2, 0) is 0 Å². The summed E-state index contributed by atoms with van der Waals surface area (Å²) in [7, 11) is 0. The number of nitrogens with zero attached hydrogens (tertiary/aromatic N) is 2. The Hall–Kier alpha value is -2.64. The molecule has 0 unspecified atom stereocenters. The normalized spacial score (nSPS) is 15.0. The van der Waals surface area contributed by atoms with Gasteiger partial charge >= 0.3 is 0 Å². The lowest BCUT2D eigenvalue weighted by Gasteiger charge is -2.23. The molecule has 0 aliphatic heterocycles. The van der Waals surface area contributed by atoms with Crippen LogP contribution in [0.15, 0.2) is 24.5 Å². The van der Waals surface area contributed by atoms with Crippen LogP contribution < -0.4 is 10.6 Å². The number of benzene rings is 1. The molecule has 0 bridgehead atoms. The highest BCUT2D eigenvalue weighted by atomic mass is 19.2. The largest absolute Gasteiger partial charge is 0.366 e. The monoisotopic (exact) mass is 350 g/mol. The number of rotatable bonds is 4. The van der Waals surface area contributed by atoms with E-state index >= 15 is 0 Å². The highest BCUT2D eigenvalue weighted by Crippen LogP contribution is 2.21. The summed E-state index contributed by atoms with van der Waals surface area (Å²) in [5.74, 6) is -4.63. The van der Waals surface area contributed by atoms with Crippen molar-refractivity contribution in [3.8, 4) is 0 Å². The van der Waals surface area contributed by atoms with Crippen molar-refractivity contribution in [2.75, 3.05) is 10.6 Å². The fraction of sp³-hybridized carbons (Fsp3) is 0.353. The number of nitrogens with one attached hydrogen (secondary N) is 2. The number of amides is 1. The summed E-state index contributed by atoms with van der Waals surface area (Å²) in [5, 5.41) is 5.41. The van der Waals surface area contributed by atoms with E-state index in [-0.39, 0.29) is 5.69 Å². The molecule has 3 rings (SSSR count). The number of aromatic nitrogens is 2. The van der Waals surface area contributed by atoms with Gasteiger partial charge in [0.15, 0.2) is 17.5 Å². The number of anilines is 2. The minimum atomic E-state index is -1.64.